The van der Waals surface area contributed by atoms with Gasteiger partial charge in [-0.15, -0.1) is 0 Å². The van der Waals surface area contributed by atoms with Crippen molar-refractivity contribution in [1.82, 2.24) is 10.2 Å². The van der Waals surface area contributed by atoms with E-state index in [2.05, 4.69) is 50.8 Å². The normalized spacial score (nSPS) is 14.0. The number of carbonyl (C=O) groups is 2. The van der Waals surface area contributed by atoms with Gasteiger partial charge in [0.15, 0.2) is 0 Å². The third kappa shape index (κ3) is 5.99. The molecule has 2 amide bonds. The van der Waals surface area contributed by atoms with E-state index in [1.807, 2.05) is 24.3 Å². The van der Waals surface area contributed by atoms with Crippen LogP contribution < -0.4 is 15.5 Å². The van der Waals surface area contributed by atoms with Gasteiger partial charge in [-0.25, -0.2) is 4.39 Å². The highest BCUT2D eigenvalue weighted by atomic mass is 19.1. The molecular formula is C27H29FN4O2. The fourth-order valence-corrected chi connectivity index (χ4v) is 4.18. The molecule has 1 aliphatic rings. The number of halogens is 1. The Labute approximate surface area is 199 Å². The van der Waals surface area contributed by atoms with E-state index in [-0.39, 0.29) is 11.5 Å². The molecule has 0 atom stereocenters. The number of para-hydroxylation sites is 1. The van der Waals surface area contributed by atoms with Gasteiger partial charge in [0.05, 0.1) is 5.56 Å². The molecule has 1 saturated heterocycles. The maximum absolute atomic E-state index is 14.2. The number of nitrogens with one attached hydrogen (secondary N) is 2. The van der Waals surface area contributed by atoms with Crippen LogP contribution in [0.15, 0.2) is 72.8 Å². The highest BCUT2D eigenvalue weighted by molar-refractivity contribution is 5.97. The Morgan fingerprint density at radius 3 is 2.26 bits per heavy atom. The molecule has 3 aromatic rings. The predicted molar refractivity (Wildman–Crippen MR) is 132 cm³/mol. The molecule has 0 aliphatic carbocycles. The minimum absolute atomic E-state index is 0.0965. The van der Waals surface area contributed by atoms with Gasteiger partial charge >= 0.3 is 0 Å². The Bertz CT molecular complexity index is 1140. The molecule has 0 aromatic heterocycles. The molecule has 6 nitrogen and oxygen atoms in total. The Morgan fingerprint density at radius 2 is 1.56 bits per heavy atom. The Hall–Kier alpha value is -3.71. The van der Waals surface area contributed by atoms with E-state index in [0.717, 1.165) is 43.9 Å². The second-order valence-corrected chi connectivity index (χ2v) is 8.43. The van der Waals surface area contributed by atoms with E-state index < -0.39 is 11.7 Å². The smallest absolute Gasteiger partial charge is 0.254 e. The van der Waals surface area contributed by atoms with Gasteiger partial charge in [0, 0.05) is 57.6 Å². The summed E-state index contributed by atoms with van der Waals surface area (Å²) < 4.78 is 14.2. The fraction of sp³-hybridized carbons (Fsp3) is 0.259. The molecule has 4 rings (SSSR count). The number of benzene rings is 3. The standard InChI is InChI=1S/C27H29FN4O2/c1-20(33)30-23-11-12-26(28)25(17-23)27(34)29-18-21-7-5-6-8-22(21)19-31-13-15-32(16-14-31)24-9-3-2-4-10-24/h2-12,17H,13-16,18-19H2,1H3,(H,29,34)(H,30,33). The van der Waals surface area contributed by atoms with Gasteiger partial charge in [0.25, 0.3) is 5.91 Å². The predicted octanol–water partition coefficient (Wildman–Crippen LogP) is 4.04. The first-order valence-corrected chi connectivity index (χ1v) is 11.4. The van der Waals surface area contributed by atoms with E-state index in [0.29, 0.717) is 12.2 Å². The average Bonchev–Trinajstić information content (AvgIpc) is 2.85. The molecule has 0 spiro atoms. The largest absolute Gasteiger partial charge is 0.369 e. The van der Waals surface area contributed by atoms with E-state index in [9.17, 15) is 14.0 Å². The van der Waals surface area contributed by atoms with Crippen LogP contribution in [0.2, 0.25) is 0 Å². The Morgan fingerprint density at radius 1 is 0.882 bits per heavy atom. The lowest BCUT2D eigenvalue weighted by atomic mass is 10.1. The van der Waals surface area contributed by atoms with Gasteiger partial charge in [-0.1, -0.05) is 42.5 Å². The van der Waals surface area contributed by atoms with Crippen LogP contribution in [0.1, 0.15) is 28.4 Å². The number of amides is 2. The second kappa shape index (κ2) is 10.9. The third-order valence-corrected chi connectivity index (χ3v) is 5.98. The van der Waals surface area contributed by atoms with Gasteiger partial charge in [-0.3, -0.25) is 14.5 Å². The third-order valence-electron chi connectivity index (χ3n) is 5.98. The minimum atomic E-state index is -0.629. The minimum Gasteiger partial charge on any atom is -0.369 e. The zero-order chi connectivity index (χ0) is 23.9. The summed E-state index contributed by atoms with van der Waals surface area (Å²) in [5, 5.41) is 5.40. The number of anilines is 2. The summed E-state index contributed by atoms with van der Waals surface area (Å²) in [6.07, 6.45) is 0. The first-order chi connectivity index (χ1) is 16.5. The highest BCUT2D eigenvalue weighted by Gasteiger charge is 2.19. The molecule has 2 N–H and O–H groups in total. The van der Waals surface area contributed by atoms with Gasteiger partial charge in [0.1, 0.15) is 5.82 Å². The summed E-state index contributed by atoms with van der Waals surface area (Å²) in [6.45, 7) is 6.29. The van der Waals surface area contributed by atoms with Crippen LogP contribution in [-0.4, -0.2) is 42.9 Å². The van der Waals surface area contributed by atoms with Crippen LogP contribution in [0.25, 0.3) is 0 Å². The van der Waals surface area contributed by atoms with Crippen molar-refractivity contribution in [3.63, 3.8) is 0 Å². The van der Waals surface area contributed by atoms with Crippen molar-refractivity contribution in [2.75, 3.05) is 36.4 Å². The summed E-state index contributed by atoms with van der Waals surface area (Å²) in [4.78, 5) is 28.7. The molecule has 1 fully saturated rings. The molecule has 0 bridgehead atoms. The van der Waals surface area contributed by atoms with E-state index in [1.165, 1.54) is 30.8 Å². The SMILES string of the molecule is CC(=O)Nc1ccc(F)c(C(=O)NCc2ccccc2CN2CCN(c3ccccc3)CC2)c1. The average molecular weight is 461 g/mol. The van der Waals surface area contributed by atoms with E-state index >= 15 is 0 Å². The quantitative estimate of drug-likeness (QED) is 0.559. The van der Waals surface area contributed by atoms with E-state index in [1.54, 1.807) is 0 Å². The molecule has 3 aromatic carbocycles. The van der Waals surface area contributed by atoms with Gasteiger partial charge in [-0.05, 0) is 41.5 Å². The number of rotatable bonds is 7. The lowest BCUT2D eigenvalue weighted by molar-refractivity contribution is -0.114. The molecule has 0 saturated carbocycles. The van der Waals surface area contributed by atoms with Crippen molar-refractivity contribution < 1.29 is 14.0 Å². The van der Waals surface area contributed by atoms with Crippen LogP contribution >= 0.6 is 0 Å². The van der Waals surface area contributed by atoms with Crippen LogP contribution in [-0.2, 0) is 17.9 Å². The monoisotopic (exact) mass is 460 g/mol. The van der Waals surface area contributed by atoms with E-state index in [4.69, 9.17) is 0 Å². The summed E-state index contributed by atoms with van der Waals surface area (Å²) in [5.74, 6) is -1.43. The summed E-state index contributed by atoms with van der Waals surface area (Å²) in [7, 11) is 0. The maximum Gasteiger partial charge on any atom is 0.254 e. The van der Waals surface area contributed by atoms with Crippen molar-refractivity contribution in [1.29, 1.82) is 0 Å². The lowest BCUT2D eigenvalue weighted by Crippen LogP contribution is -2.46. The van der Waals surface area contributed by atoms with Gasteiger partial charge in [0.2, 0.25) is 5.91 Å². The molecule has 0 radical (unpaired) electrons. The number of hydrogen-bond donors (Lipinski definition) is 2. The zero-order valence-corrected chi connectivity index (χ0v) is 19.3. The van der Waals surface area contributed by atoms with Crippen molar-refractivity contribution in [3.8, 4) is 0 Å². The lowest BCUT2D eigenvalue weighted by Gasteiger charge is -2.36. The van der Waals surface area contributed by atoms with Crippen molar-refractivity contribution in [2.24, 2.45) is 0 Å². The Balaban J connectivity index is 1.36. The summed E-state index contributed by atoms with van der Waals surface area (Å²) in [5.41, 5.74) is 3.68. The van der Waals surface area contributed by atoms with Gasteiger partial charge in [-0.2, -0.15) is 0 Å². The zero-order valence-electron chi connectivity index (χ0n) is 19.3. The van der Waals surface area contributed by atoms with Crippen LogP contribution in [0.4, 0.5) is 15.8 Å². The fourth-order valence-electron chi connectivity index (χ4n) is 4.18. The number of carbonyl (C=O) groups excluding carboxylic acids is 2. The molecule has 34 heavy (non-hydrogen) atoms. The van der Waals surface area contributed by atoms with Crippen LogP contribution in [0.3, 0.4) is 0 Å². The molecule has 176 valence electrons. The summed E-state index contributed by atoms with van der Waals surface area (Å²) >= 11 is 0. The van der Waals surface area contributed by atoms with Crippen LogP contribution in [0.5, 0.6) is 0 Å². The first kappa shape index (κ1) is 23.4. The molecule has 1 heterocycles. The number of nitrogens with zero attached hydrogens (tertiary/aromatic N) is 2. The molecule has 7 heteroatoms. The van der Waals surface area contributed by atoms with Crippen molar-refractivity contribution >= 4 is 23.2 Å². The molecule has 0 unspecified atom stereocenters. The van der Waals surface area contributed by atoms with Crippen LogP contribution in [0, 0.1) is 5.82 Å². The first-order valence-electron chi connectivity index (χ1n) is 11.4. The maximum atomic E-state index is 14.2. The van der Waals surface area contributed by atoms with Crippen molar-refractivity contribution in [3.05, 3.63) is 95.3 Å². The van der Waals surface area contributed by atoms with Crippen molar-refractivity contribution in [2.45, 2.75) is 20.0 Å². The highest BCUT2D eigenvalue weighted by Crippen LogP contribution is 2.19. The van der Waals surface area contributed by atoms with Gasteiger partial charge < -0.3 is 15.5 Å². The molecular weight excluding hydrogens is 431 g/mol. The molecule has 1 aliphatic heterocycles. The topological polar surface area (TPSA) is 64.7 Å². The summed E-state index contributed by atoms with van der Waals surface area (Å²) in [6, 6.07) is 22.4. The Kier molecular flexibility index (Phi) is 7.54. The second-order valence-electron chi connectivity index (χ2n) is 8.43. The number of hydrogen-bond acceptors (Lipinski definition) is 4. The number of piperazine rings is 1.